The van der Waals surface area contributed by atoms with Crippen LogP contribution >= 0.6 is 0 Å². The van der Waals surface area contributed by atoms with Crippen molar-refractivity contribution < 1.29 is 14.6 Å². The first-order valence-electron chi connectivity index (χ1n) is 7.05. The summed E-state index contributed by atoms with van der Waals surface area (Å²) in [7, 11) is 1.92. The molecule has 0 aliphatic rings. The number of aliphatic hydroxyl groups excluding tert-OH is 2. The van der Waals surface area contributed by atoms with Gasteiger partial charge in [-0.25, -0.2) is 0 Å². The molecule has 0 amide bonds. The summed E-state index contributed by atoms with van der Waals surface area (Å²) >= 11 is 0. The first-order chi connectivity index (χ1) is 10.2. The zero-order chi connectivity index (χ0) is 14.8. The Bertz CT molecular complexity index is 750. The van der Waals surface area contributed by atoms with Crippen molar-refractivity contribution in [2.75, 3.05) is 20.2 Å². The zero-order valence-corrected chi connectivity index (χ0v) is 12.0. The summed E-state index contributed by atoms with van der Waals surface area (Å²) < 4.78 is 5.98. The summed E-state index contributed by atoms with van der Waals surface area (Å²) in [6.07, 6.45) is -0.718. The molecule has 0 unspecified atom stereocenters. The number of rotatable bonds is 5. The van der Waals surface area contributed by atoms with Crippen molar-refractivity contribution in [2.45, 2.75) is 12.6 Å². The van der Waals surface area contributed by atoms with Crippen molar-refractivity contribution in [1.29, 1.82) is 0 Å². The average molecular weight is 285 g/mol. The van der Waals surface area contributed by atoms with E-state index in [1.54, 1.807) is 0 Å². The Morgan fingerprint density at radius 3 is 2.67 bits per heavy atom. The van der Waals surface area contributed by atoms with Crippen LogP contribution in [0.25, 0.3) is 21.9 Å². The maximum Gasteiger partial charge on any atom is 0.139 e. The standard InChI is InChI=1S/C17H19NO3/c1-18(10-13(20)11-19)9-12-5-4-7-15-14-6-2-3-8-16(14)21-17(12)15/h2-8,13,19-20H,9-11H2,1H3/t13-/m0/s1. The minimum atomic E-state index is -0.718. The second-order valence-electron chi connectivity index (χ2n) is 5.43. The highest BCUT2D eigenvalue weighted by molar-refractivity contribution is 6.05. The molecule has 2 aromatic carbocycles. The average Bonchev–Trinajstić information content (AvgIpc) is 2.87. The maximum atomic E-state index is 9.52. The molecule has 1 heterocycles. The van der Waals surface area contributed by atoms with E-state index in [4.69, 9.17) is 9.52 Å². The number of benzene rings is 2. The molecule has 1 atom stereocenters. The van der Waals surface area contributed by atoms with E-state index in [0.717, 1.165) is 27.5 Å². The molecule has 21 heavy (non-hydrogen) atoms. The number of hydrogen-bond acceptors (Lipinski definition) is 4. The summed E-state index contributed by atoms with van der Waals surface area (Å²) in [5.74, 6) is 0. The summed E-state index contributed by atoms with van der Waals surface area (Å²) in [5, 5.41) is 20.7. The second kappa shape index (κ2) is 5.85. The van der Waals surface area contributed by atoms with Gasteiger partial charge in [-0.05, 0) is 13.1 Å². The van der Waals surface area contributed by atoms with Crippen molar-refractivity contribution in [3.63, 3.8) is 0 Å². The number of nitrogens with zero attached hydrogens (tertiary/aromatic N) is 1. The van der Waals surface area contributed by atoms with Gasteiger partial charge in [-0.15, -0.1) is 0 Å². The minimum absolute atomic E-state index is 0.223. The van der Waals surface area contributed by atoms with E-state index in [1.807, 2.05) is 42.3 Å². The number of aliphatic hydroxyl groups is 2. The number of hydrogen-bond donors (Lipinski definition) is 2. The molecule has 110 valence electrons. The van der Waals surface area contributed by atoms with Crippen LogP contribution in [0.15, 0.2) is 46.9 Å². The van der Waals surface area contributed by atoms with Gasteiger partial charge in [0.1, 0.15) is 11.2 Å². The lowest BCUT2D eigenvalue weighted by atomic mass is 10.1. The molecule has 0 radical (unpaired) electrons. The third-order valence-electron chi connectivity index (χ3n) is 3.66. The highest BCUT2D eigenvalue weighted by atomic mass is 16.3. The van der Waals surface area contributed by atoms with Crippen molar-refractivity contribution >= 4 is 21.9 Å². The van der Waals surface area contributed by atoms with Crippen LogP contribution in [-0.4, -0.2) is 41.4 Å². The molecular formula is C17H19NO3. The molecule has 1 aromatic heterocycles. The van der Waals surface area contributed by atoms with E-state index in [2.05, 4.69) is 12.1 Å². The molecule has 3 rings (SSSR count). The van der Waals surface area contributed by atoms with Crippen molar-refractivity contribution in [1.82, 2.24) is 4.90 Å². The summed E-state index contributed by atoms with van der Waals surface area (Å²) in [4.78, 5) is 1.98. The first-order valence-corrected chi connectivity index (χ1v) is 7.05. The monoisotopic (exact) mass is 285 g/mol. The molecular weight excluding hydrogens is 266 g/mol. The van der Waals surface area contributed by atoms with E-state index in [9.17, 15) is 5.11 Å². The van der Waals surface area contributed by atoms with Gasteiger partial charge in [-0.2, -0.15) is 0 Å². The lowest BCUT2D eigenvalue weighted by molar-refractivity contribution is 0.0648. The van der Waals surface area contributed by atoms with Crippen molar-refractivity contribution in [2.24, 2.45) is 0 Å². The van der Waals surface area contributed by atoms with Crippen LogP contribution in [0, 0.1) is 0 Å². The number of furan rings is 1. The predicted octanol–water partition coefficient (Wildman–Crippen LogP) is 2.37. The molecule has 4 heteroatoms. The second-order valence-corrected chi connectivity index (χ2v) is 5.43. The van der Waals surface area contributed by atoms with Crippen LogP contribution < -0.4 is 0 Å². The SMILES string of the molecule is CN(Cc1cccc2c1oc1ccccc12)C[C@H](O)CO. The maximum absolute atomic E-state index is 9.52. The van der Waals surface area contributed by atoms with Gasteiger partial charge in [0.2, 0.25) is 0 Å². The van der Waals surface area contributed by atoms with Gasteiger partial charge in [-0.1, -0.05) is 36.4 Å². The highest BCUT2D eigenvalue weighted by Crippen LogP contribution is 2.31. The highest BCUT2D eigenvalue weighted by Gasteiger charge is 2.13. The topological polar surface area (TPSA) is 56.8 Å². The van der Waals surface area contributed by atoms with E-state index in [-0.39, 0.29) is 6.61 Å². The van der Waals surface area contributed by atoms with Crippen LogP contribution in [0.1, 0.15) is 5.56 Å². The van der Waals surface area contributed by atoms with E-state index >= 15 is 0 Å². The van der Waals surface area contributed by atoms with E-state index in [1.165, 1.54) is 0 Å². The Hall–Kier alpha value is -1.88. The van der Waals surface area contributed by atoms with E-state index < -0.39 is 6.10 Å². The van der Waals surface area contributed by atoms with Gasteiger partial charge in [0.25, 0.3) is 0 Å². The third kappa shape index (κ3) is 2.78. The molecule has 0 saturated heterocycles. The molecule has 0 spiro atoms. The van der Waals surface area contributed by atoms with Crippen molar-refractivity contribution in [3.05, 3.63) is 48.0 Å². The zero-order valence-electron chi connectivity index (χ0n) is 12.0. The lowest BCUT2D eigenvalue weighted by Crippen LogP contribution is -2.30. The summed E-state index contributed by atoms with van der Waals surface area (Å²) in [6.45, 7) is 0.862. The fourth-order valence-corrected chi connectivity index (χ4v) is 2.70. The Balaban J connectivity index is 1.95. The Morgan fingerprint density at radius 1 is 1.10 bits per heavy atom. The van der Waals surface area contributed by atoms with Crippen LogP contribution in [0.2, 0.25) is 0 Å². The van der Waals surface area contributed by atoms with Gasteiger partial charge >= 0.3 is 0 Å². The normalized spacial score (nSPS) is 13.3. The van der Waals surface area contributed by atoms with Gasteiger partial charge in [-0.3, -0.25) is 4.90 Å². The fraction of sp³-hybridized carbons (Fsp3) is 0.294. The molecule has 4 nitrogen and oxygen atoms in total. The van der Waals surface area contributed by atoms with Crippen LogP contribution in [-0.2, 0) is 6.54 Å². The molecule has 0 bridgehead atoms. The van der Waals surface area contributed by atoms with Gasteiger partial charge in [0.05, 0.1) is 12.7 Å². The van der Waals surface area contributed by atoms with E-state index in [0.29, 0.717) is 13.1 Å². The molecule has 2 N–H and O–H groups in total. The molecule has 0 saturated carbocycles. The lowest BCUT2D eigenvalue weighted by Gasteiger charge is -2.19. The number of para-hydroxylation sites is 2. The quantitative estimate of drug-likeness (QED) is 0.755. The smallest absolute Gasteiger partial charge is 0.139 e. The fourth-order valence-electron chi connectivity index (χ4n) is 2.70. The van der Waals surface area contributed by atoms with Crippen molar-refractivity contribution in [3.8, 4) is 0 Å². The van der Waals surface area contributed by atoms with Crippen LogP contribution in [0.3, 0.4) is 0 Å². The summed E-state index contributed by atoms with van der Waals surface area (Å²) in [5.41, 5.74) is 2.86. The Morgan fingerprint density at radius 2 is 1.86 bits per heavy atom. The number of likely N-dealkylation sites (N-methyl/N-ethyl adjacent to an activating group) is 1. The Labute approximate surface area is 123 Å². The number of fused-ring (bicyclic) bond motifs is 3. The third-order valence-corrected chi connectivity index (χ3v) is 3.66. The van der Waals surface area contributed by atoms with Gasteiger partial charge in [0.15, 0.2) is 0 Å². The largest absolute Gasteiger partial charge is 0.456 e. The molecule has 0 aliphatic heterocycles. The molecule has 0 aliphatic carbocycles. The van der Waals surface area contributed by atoms with Gasteiger partial charge in [0, 0.05) is 29.4 Å². The Kier molecular flexibility index (Phi) is 3.92. The van der Waals surface area contributed by atoms with Gasteiger partial charge < -0.3 is 14.6 Å². The van der Waals surface area contributed by atoms with Crippen LogP contribution in [0.4, 0.5) is 0 Å². The molecule has 0 fully saturated rings. The molecule has 3 aromatic rings. The van der Waals surface area contributed by atoms with Crippen LogP contribution in [0.5, 0.6) is 0 Å². The predicted molar refractivity (Wildman–Crippen MR) is 83.1 cm³/mol. The first kappa shape index (κ1) is 14.1. The summed E-state index contributed by atoms with van der Waals surface area (Å²) in [6, 6.07) is 14.1. The minimum Gasteiger partial charge on any atom is -0.456 e.